The molecule has 1 aliphatic heterocycles. The van der Waals surface area contributed by atoms with Gasteiger partial charge in [-0.2, -0.15) is 0 Å². The summed E-state index contributed by atoms with van der Waals surface area (Å²) >= 11 is 0. The van der Waals surface area contributed by atoms with E-state index in [0.717, 1.165) is 25.7 Å². The molecule has 0 aromatic heterocycles. The van der Waals surface area contributed by atoms with Crippen molar-refractivity contribution in [1.29, 1.82) is 0 Å². The molecular formula is C13H20O3. The molecule has 3 atom stereocenters. The SMILES string of the molecule is CC12CCCOC1C(C)(C)C(=O)C(C=O)C2. The lowest BCUT2D eigenvalue weighted by molar-refractivity contribution is -0.181. The molecule has 0 bridgehead atoms. The monoisotopic (exact) mass is 224 g/mol. The molecule has 1 heterocycles. The molecule has 90 valence electrons. The zero-order valence-electron chi connectivity index (χ0n) is 10.3. The molecule has 0 spiro atoms. The highest BCUT2D eigenvalue weighted by Crippen LogP contribution is 2.51. The molecule has 1 aliphatic carbocycles. The molecule has 0 radical (unpaired) electrons. The third kappa shape index (κ3) is 1.53. The average molecular weight is 224 g/mol. The molecule has 0 amide bonds. The number of carbonyl (C=O) groups is 2. The zero-order valence-corrected chi connectivity index (χ0v) is 10.3. The summed E-state index contributed by atoms with van der Waals surface area (Å²) in [5.41, 5.74) is -0.541. The molecule has 0 N–H and O–H groups in total. The standard InChI is InChI=1S/C13H20O3/c1-12(2)10(15)9(8-14)7-13(3)5-4-6-16-11(12)13/h8-9,11H,4-7H2,1-3H3. The van der Waals surface area contributed by atoms with Gasteiger partial charge in [0.15, 0.2) is 5.78 Å². The molecule has 3 unspecified atom stereocenters. The van der Waals surface area contributed by atoms with E-state index in [1.165, 1.54) is 0 Å². The van der Waals surface area contributed by atoms with Crippen LogP contribution in [-0.4, -0.2) is 24.8 Å². The van der Waals surface area contributed by atoms with Crippen LogP contribution in [0, 0.1) is 16.7 Å². The molecule has 2 aliphatic rings. The smallest absolute Gasteiger partial charge is 0.151 e. The molecule has 2 fully saturated rings. The fourth-order valence-electron chi connectivity index (χ4n) is 3.61. The topological polar surface area (TPSA) is 43.4 Å². The third-order valence-corrected chi connectivity index (χ3v) is 4.29. The van der Waals surface area contributed by atoms with Crippen molar-refractivity contribution in [2.24, 2.45) is 16.7 Å². The lowest BCUT2D eigenvalue weighted by atomic mass is 9.56. The predicted octanol–water partition coefficient (Wildman–Crippen LogP) is 1.99. The molecular weight excluding hydrogens is 204 g/mol. The van der Waals surface area contributed by atoms with Gasteiger partial charge in [0.25, 0.3) is 0 Å². The van der Waals surface area contributed by atoms with E-state index in [1.807, 2.05) is 13.8 Å². The number of carbonyl (C=O) groups excluding carboxylic acids is 2. The highest BCUT2D eigenvalue weighted by Gasteiger charge is 2.56. The van der Waals surface area contributed by atoms with Crippen LogP contribution in [0.4, 0.5) is 0 Å². The Bertz CT molecular complexity index is 321. The summed E-state index contributed by atoms with van der Waals surface area (Å²) in [7, 11) is 0. The van der Waals surface area contributed by atoms with E-state index in [-0.39, 0.29) is 17.3 Å². The van der Waals surface area contributed by atoms with Crippen molar-refractivity contribution in [1.82, 2.24) is 0 Å². The van der Waals surface area contributed by atoms with E-state index in [4.69, 9.17) is 4.74 Å². The van der Waals surface area contributed by atoms with Gasteiger partial charge in [-0.15, -0.1) is 0 Å². The second-order valence-electron chi connectivity index (χ2n) is 6.04. The zero-order chi connectivity index (χ0) is 12.0. The Labute approximate surface area is 96.5 Å². The first-order chi connectivity index (χ1) is 7.42. The van der Waals surface area contributed by atoms with E-state index in [0.29, 0.717) is 6.42 Å². The lowest BCUT2D eigenvalue weighted by Gasteiger charge is -2.53. The third-order valence-electron chi connectivity index (χ3n) is 4.29. The van der Waals surface area contributed by atoms with Crippen molar-refractivity contribution in [2.75, 3.05) is 6.61 Å². The number of ether oxygens (including phenoxy) is 1. The maximum atomic E-state index is 12.2. The van der Waals surface area contributed by atoms with Gasteiger partial charge in [0.05, 0.1) is 17.4 Å². The van der Waals surface area contributed by atoms with Crippen molar-refractivity contribution >= 4 is 12.1 Å². The molecule has 2 rings (SSSR count). The van der Waals surface area contributed by atoms with Gasteiger partial charge in [-0.05, 0) is 24.7 Å². The van der Waals surface area contributed by atoms with E-state index >= 15 is 0 Å². The van der Waals surface area contributed by atoms with Gasteiger partial charge >= 0.3 is 0 Å². The first-order valence-corrected chi connectivity index (χ1v) is 6.03. The van der Waals surface area contributed by atoms with Gasteiger partial charge < -0.3 is 9.53 Å². The van der Waals surface area contributed by atoms with Crippen LogP contribution in [0.3, 0.4) is 0 Å². The fraction of sp³-hybridized carbons (Fsp3) is 0.846. The number of aldehydes is 1. The van der Waals surface area contributed by atoms with Crippen LogP contribution in [0.25, 0.3) is 0 Å². The predicted molar refractivity (Wildman–Crippen MR) is 60.0 cm³/mol. The Morgan fingerprint density at radius 1 is 1.38 bits per heavy atom. The van der Waals surface area contributed by atoms with Gasteiger partial charge in [0.1, 0.15) is 6.29 Å². The van der Waals surface area contributed by atoms with Crippen LogP contribution in [-0.2, 0) is 14.3 Å². The van der Waals surface area contributed by atoms with Crippen LogP contribution in [0.2, 0.25) is 0 Å². The Balaban J connectivity index is 2.37. The second kappa shape index (κ2) is 3.66. The van der Waals surface area contributed by atoms with Crippen LogP contribution < -0.4 is 0 Å². The first-order valence-electron chi connectivity index (χ1n) is 6.03. The Morgan fingerprint density at radius 2 is 2.06 bits per heavy atom. The lowest BCUT2D eigenvalue weighted by Crippen LogP contribution is -2.58. The van der Waals surface area contributed by atoms with Gasteiger partial charge in [0.2, 0.25) is 0 Å². The number of hydrogen-bond acceptors (Lipinski definition) is 3. The first kappa shape index (κ1) is 11.8. The van der Waals surface area contributed by atoms with Gasteiger partial charge in [-0.25, -0.2) is 0 Å². The van der Waals surface area contributed by atoms with Crippen LogP contribution >= 0.6 is 0 Å². The largest absolute Gasteiger partial charge is 0.377 e. The highest BCUT2D eigenvalue weighted by atomic mass is 16.5. The summed E-state index contributed by atoms with van der Waals surface area (Å²) in [5, 5.41) is 0. The molecule has 1 saturated carbocycles. The Morgan fingerprint density at radius 3 is 2.69 bits per heavy atom. The summed E-state index contributed by atoms with van der Waals surface area (Å²) in [6.45, 7) is 6.72. The molecule has 3 heteroatoms. The minimum atomic E-state index is -0.529. The van der Waals surface area contributed by atoms with Crippen LogP contribution in [0.15, 0.2) is 0 Å². The summed E-state index contributed by atoms with van der Waals surface area (Å²) in [4.78, 5) is 23.2. The number of fused-ring (bicyclic) bond motifs is 1. The van der Waals surface area contributed by atoms with E-state index < -0.39 is 11.3 Å². The van der Waals surface area contributed by atoms with Gasteiger partial charge in [0, 0.05) is 6.61 Å². The second-order valence-corrected chi connectivity index (χ2v) is 6.04. The number of rotatable bonds is 1. The average Bonchev–Trinajstić information content (AvgIpc) is 2.24. The number of ketones is 1. The van der Waals surface area contributed by atoms with Crippen molar-refractivity contribution in [3.8, 4) is 0 Å². The summed E-state index contributed by atoms with van der Waals surface area (Å²) < 4.78 is 5.83. The molecule has 0 aromatic rings. The summed E-state index contributed by atoms with van der Waals surface area (Å²) in [6, 6.07) is 0. The number of hydrogen-bond donors (Lipinski definition) is 0. The maximum absolute atomic E-state index is 12.2. The fourth-order valence-corrected chi connectivity index (χ4v) is 3.61. The Kier molecular flexibility index (Phi) is 2.69. The Hall–Kier alpha value is -0.700. The minimum Gasteiger partial charge on any atom is -0.377 e. The molecule has 3 nitrogen and oxygen atoms in total. The minimum absolute atomic E-state index is 0.0127. The molecule has 1 saturated heterocycles. The van der Waals surface area contributed by atoms with Crippen molar-refractivity contribution in [3.63, 3.8) is 0 Å². The molecule has 0 aromatic carbocycles. The maximum Gasteiger partial charge on any atom is 0.151 e. The normalized spacial score (nSPS) is 42.6. The van der Waals surface area contributed by atoms with E-state index in [2.05, 4.69) is 6.92 Å². The highest BCUT2D eigenvalue weighted by molar-refractivity contribution is 5.98. The number of Topliss-reactive ketones (excluding diaryl/α,β-unsaturated/α-hetero) is 1. The van der Waals surface area contributed by atoms with Crippen LogP contribution in [0.1, 0.15) is 40.0 Å². The summed E-state index contributed by atoms with van der Waals surface area (Å²) in [6.07, 6.45) is 3.53. The van der Waals surface area contributed by atoms with Gasteiger partial charge in [-0.3, -0.25) is 4.79 Å². The van der Waals surface area contributed by atoms with Gasteiger partial charge in [-0.1, -0.05) is 20.8 Å². The quantitative estimate of drug-likeness (QED) is 0.505. The van der Waals surface area contributed by atoms with E-state index in [9.17, 15) is 9.59 Å². The van der Waals surface area contributed by atoms with Crippen molar-refractivity contribution in [2.45, 2.75) is 46.1 Å². The van der Waals surface area contributed by atoms with Crippen LogP contribution in [0.5, 0.6) is 0 Å². The van der Waals surface area contributed by atoms with Crippen molar-refractivity contribution < 1.29 is 14.3 Å². The summed E-state index contributed by atoms with van der Waals surface area (Å²) in [5.74, 6) is -0.384. The van der Waals surface area contributed by atoms with E-state index in [1.54, 1.807) is 0 Å². The molecule has 16 heavy (non-hydrogen) atoms. The van der Waals surface area contributed by atoms with Crippen molar-refractivity contribution in [3.05, 3.63) is 0 Å².